The lowest BCUT2D eigenvalue weighted by molar-refractivity contribution is 0.623. The molecule has 1 aromatic carbocycles. The molecule has 0 aliphatic rings. The lowest BCUT2D eigenvalue weighted by Gasteiger charge is -2.09. The van der Waals surface area contributed by atoms with Crippen LogP contribution in [0.15, 0.2) is 29.8 Å². The maximum Gasteiger partial charge on any atom is 0.0167 e. The monoisotopic (exact) mass is 217 g/mol. The number of hydrogen-bond acceptors (Lipinski definition) is 1. The molecule has 0 saturated heterocycles. The average molecular weight is 217 g/mol. The van der Waals surface area contributed by atoms with Crippen LogP contribution in [0.25, 0.3) is 6.08 Å². The zero-order chi connectivity index (χ0) is 12.0. The number of nitrogens with one attached hydrogen (secondary N) is 1. The Balaban J connectivity index is 2.73. The van der Waals surface area contributed by atoms with E-state index < -0.39 is 0 Å². The van der Waals surface area contributed by atoms with Crippen LogP contribution in [-0.4, -0.2) is 12.6 Å². The Bertz CT molecular complexity index is 350. The molecule has 0 heterocycles. The third-order valence-corrected chi connectivity index (χ3v) is 2.63. The van der Waals surface area contributed by atoms with Gasteiger partial charge in [-0.1, -0.05) is 56.7 Å². The topological polar surface area (TPSA) is 12.0 Å². The molecule has 0 aromatic heterocycles. The SMILES string of the molecule is CCc1ccccc1C=C(C)CNC(C)C. The normalized spacial score (nSPS) is 12.2. The molecule has 0 fully saturated rings. The van der Waals surface area contributed by atoms with E-state index in [0.717, 1.165) is 13.0 Å². The summed E-state index contributed by atoms with van der Waals surface area (Å²) < 4.78 is 0. The van der Waals surface area contributed by atoms with Crippen LogP contribution >= 0.6 is 0 Å². The largest absolute Gasteiger partial charge is 0.311 e. The molecule has 1 nitrogen and oxygen atoms in total. The van der Waals surface area contributed by atoms with Gasteiger partial charge in [0.2, 0.25) is 0 Å². The predicted molar refractivity (Wildman–Crippen MR) is 72.6 cm³/mol. The predicted octanol–water partition coefficient (Wildman–Crippen LogP) is 3.65. The molecule has 88 valence electrons. The van der Waals surface area contributed by atoms with Gasteiger partial charge in [-0.25, -0.2) is 0 Å². The Kier molecular flexibility index (Phi) is 5.27. The zero-order valence-electron chi connectivity index (χ0n) is 10.9. The van der Waals surface area contributed by atoms with Gasteiger partial charge in [0.1, 0.15) is 0 Å². The summed E-state index contributed by atoms with van der Waals surface area (Å²) >= 11 is 0. The molecular weight excluding hydrogens is 194 g/mol. The van der Waals surface area contributed by atoms with Crippen LogP contribution in [-0.2, 0) is 6.42 Å². The third-order valence-electron chi connectivity index (χ3n) is 2.63. The van der Waals surface area contributed by atoms with E-state index in [9.17, 15) is 0 Å². The molecule has 1 N–H and O–H groups in total. The van der Waals surface area contributed by atoms with Gasteiger partial charge in [-0.3, -0.25) is 0 Å². The van der Waals surface area contributed by atoms with Crippen molar-refractivity contribution in [2.45, 2.75) is 40.2 Å². The van der Waals surface area contributed by atoms with Crippen LogP contribution in [0.3, 0.4) is 0 Å². The molecule has 1 rings (SSSR count). The minimum Gasteiger partial charge on any atom is -0.311 e. The molecule has 0 atom stereocenters. The lowest BCUT2D eigenvalue weighted by Crippen LogP contribution is -2.24. The van der Waals surface area contributed by atoms with E-state index in [1.165, 1.54) is 16.7 Å². The first kappa shape index (κ1) is 13.0. The minimum atomic E-state index is 0.546. The smallest absolute Gasteiger partial charge is 0.0167 e. The van der Waals surface area contributed by atoms with Crippen molar-refractivity contribution in [2.24, 2.45) is 0 Å². The molecule has 0 amide bonds. The molecule has 0 spiro atoms. The van der Waals surface area contributed by atoms with Crippen molar-refractivity contribution in [3.05, 3.63) is 41.0 Å². The summed E-state index contributed by atoms with van der Waals surface area (Å²) in [5, 5.41) is 3.43. The average Bonchev–Trinajstić information content (AvgIpc) is 2.27. The zero-order valence-corrected chi connectivity index (χ0v) is 10.9. The summed E-state index contributed by atoms with van der Waals surface area (Å²) in [5.41, 5.74) is 4.16. The number of rotatable bonds is 5. The summed E-state index contributed by atoms with van der Waals surface area (Å²) in [5.74, 6) is 0. The summed E-state index contributed by atoms with van der Waals surface area (Å²) in [6.07, 6.45) is 3.38. The van der Waals surface area contributed by atoms with E-state index >= 15 is 0 Å². The number of aryl methyl sites for hydroxylation is 1. The second-order valence-electron chi connectivity index (χ2n) is 4.58. The number of benzene rings is 1. The highest BCUT2D eigenvalue weighted by molar-refractivity contribution is 5.56. The standard InChI is InChI=1S/C15H23N/c1-5-14-8-6-7-9-15(14)10-13(4)11-16-12(2)3/h6-10,12,16H,5,11H2,1-4H3. The fourth-order valence-electron chi connectivity index (χ4n) is 1.68. The first-order valence-corrected chi connectivity index (χ1v) is 6.12. The Hall–Kier alpha value is -1.08. The molecule has 16 heavy (non-hydrogen) atoms. The second kappa shape index (κ2) is 6.49. The molecule has 1 heteroatoms. The van der Waals surface area contributed by atoms with Gasteiger partial charge in [-0.05, 0) is 24.5 Å². The van der Waals surface area contributed by atoms with E-state index in [0.29, 0.717) is 6.04 Å². The summed E-state index contributed by atoms with van der Waals surface area (Å²) in [6.45, 7) is 9.70. The van der Waals surface area contributed by atoms with Gasteiger partial charge in [0.25, 0.3) is 0 Å². The van der Waals surface area contributed by atoms with Crippen LogP contribution in [0.4, 0.5) is 0 Å². The summed E-state index contributed by atoms with van der Waals surface area (Å²) in [7, 11) is 0. The van der Waals surface area contributed by atoms with Gasteiger partial charge in [-0.15, -0.1) is 0 Å². The molecule has 0 radical (unpaired) electrons. The van der Waals surface area contributed by atoms with E-state index in [2.05, 4.69) is 63.4 Å². The van der Waals surface area contributed by atoms with Crippen LogP contribution < -0.4 is 5.32 Å². The lowest BCUT2D eigenvalue weighted by atomic mass is 10.0. The van der Waals surface area contributed by atoms with Crippen molar-refractivity contribution in [1.29, 1.82) is 0 Å². The maximum atomic E-state index is 3.43. The minimum absolute atomic E-state index is 0.546. The molecular formula is C15H23N. The molecule has 1 aromatic rings. The highest BCUT2D eigenvalue weighted by Crippen LogP contribution is 2.13. The maximum absolute atomic E-state index is 3.43. The molecule has 0 unspecified atom stereocenters. The van der Waals surface area contributed by atoms with Crippen LogP contribution in [0, 0.1) is 0 Å². The molecule has 0 saturated carbocycles. The van der Waals surface area contributed by atoms with Crippen LogP contribution in [0.5, 0.6) is 0 Å². The van der Waals surface area contributed by atoms with Gasteiger partial charge < -0.3 is 5.32 Å². The molecule has 0 aliphatic heterocycles. The van der Waals surface area contributed by atoms with E-state index in [-0.39, 0.29) is 0 Å². The van der Waals surface area contributed by atoms with Gasteiger partial charge in [0.05, 0.1) is 0 Å². The Morgan fingerprint density at radius 1 is 1.31 bits per heavy atom. The van der Waals surface area contributed by atoms with E-state index in [1.54, 1.807) is 0 Å². The summed E-state index contributed by atoms with van der Waals surface area (Å²) in [6, 6.07) is 9.16. The van der Waals surface area contributed by atoms with Crippen LogP contribution in [0.1, 0.15) is 38.8 Å². The Morgan fingerprint density at radius 3 is 2.62 bits per heavy atom. The first-order valence-electron chi connectivity index (χ1n) is 6.12. The summed E-state index contributed by atoms with van der Waals surface area (Å²) in [4.78, 5) is 0. The molecule has 0 bridgehead atoms. The first-order chi connectivity index (χ1) is 7.63. The van der Waals surface area contributed by atoms with Crippen LogP contribution in [0.2, 0.25) is 0 Å². The van der Waals surface area contributed by atoms with Gasteiger partial charge >= 0.3 is 0 Å². The van der Waals surface area contributed by atoms with Crippen molar-refractivity contribution < 1.29 is 0 Å². The van der Waals surface area contributed by atoms with Crippen molar-refractivity contribution >= 4 is 6.08 Å². The van der Waals surface area contributed by atoms with E-state index in [1.807, 2.05) is 0 Å². The fraction of sp³-hybridized carbons (Fsp3) is 0.467. The van der Waals surface area contributed by atoms with Crippen molar-refractivity contribution in [1.82, 2.24) is 5.32 Å². The Labute approximate surface area is 99.6 Å². The Morgan fingerprint density at radius 2 is 2.00 bits per heavy atom. The van der Waals surface area contributed by atoms with Gasteiger partial charge in [0, 0.05) is 12.6 Å². The highest BCUT2D eigenvalue weighted by Gasteiger charge is 1.98. The molecule has 0 aliphatic carbocycles. The fourth-order valence-corrected chi connectivity index (χ4v) is 1.68. The van der Waals surface area contributed by atoms with Crippen molar-refractivity contribution in [3.8, 4) is 0 Å². The second-order valence-corrected chi connectivity index (χ2v) is 4.58. The van der Waals surface area contributed by atoms with Gasteiger partial charge in [0.15, 0.2) is 0 Å². The van der Waals surface area contributed by atoms with Crippen molar-refractivity contribution in [2.75, 3.05) is 6.54 Å². The highest BCUT2D eigenvalue weighted by atomic mass is 14.9. The quantitative estimate of drug-likeness (QED) is 0.794. The van der Waals surface area contributed by atoms with Crippen molar-refractivity contribution in [3.63, 3.8) is 0 Å². The number of hydrogen-bond donors (Lipinski definition) is 1. The van der Waals surface area contributed by atoms with Gasteiger partial charge in [-0.2, -0.15) is 0 Å². The van der Waals surface area contributed by atoms with E-state index in [4.69, 9.17) is 0 Å². The third kappa shape index (κ3) is 4.19.